The topological polar surface area (TPSA) is 29.9 Å². The van der Waals surface area contributed by atoms with Crippen LogP contribution in [0.2, 0.25) is 10.0 Å². The number of hydrogen-bond acceptors (Lipinski definition) is 2. The van der Waals surface area contributed by atoms with Crippen molar-refractivity contribution in [2.45, 2.75) is 33.4 Å². The monoisotopic (exact) mass is 453 g/mol. The maximum absolute atomic E-state index is 6.24. The second-order valence-electron chi connectivity index (χ2n) is 4.47. The first-order valence-electron chi connectivity index (χ1n) is 6.60. The van der Waals surface area contributed by atoms with Crippen molar-refractivity contribution < 1.29 is 0 Å². The predicted molar refractivity (Wildman–Crippen MR) is 96.5 cm³/mol. The number of benzene rings is 1. The Kier molecular flexibility index (Phi) is 6.00. The van der Waals surface area contributed by atoms with Crippen LogP contribution in [0.1, 0.15) is 25.2 Å². The van der Waals surface area contributed by atoms with E-state index in [9.17, 15) is 0 Å². The molecule has 2 rings (SSSR count). The zero-order chi connectivity index (χ0) is 15.6. The molecule has 1 N–H and O–H groups in total. The van der Waals surface area contributed by atoms with Crippen LogP contribution in [0.25, 0.3) is 0 Å². The number of aryl methyl sites for hydroxylation is 2. The molecule has 0 fully saturated rings. The molecule has 0 amide bonds. The van der Waals surface area contributed by atoms with Gasteiger partial charge in [0.2, 0.25) is 0 Å². The Labute approximate surface area is 151 Å². The lowest BCUT2D eigenvalue weighted by atomic mass is 10.2. The molecule has 3 nitrogen and oxygen atoms in total. The fourth-order valence-electron chi connectivity index (χ4n) is 2.07. The third-order valence-corrected chi connectivity index (χ3v) is 5.10. The minimum absolute atomic E-state index is 0.587. The van der Waals surface area contributed by atoms with Crippen LogP contribution in [0, 0.1) is 0 Å². The number of nitrogens with one attached hydrogen (secondary N) is 1. The molecule has 114 valence electrons. The summed E-state index contributed by atoms with van der Waals surface area (Å²) in [5, 5.41) is 9.05. The van der Waals surface area contributed by atoms with Crippen molar-refractivity contribution in [2.75, 3.05) is 5.32 Å². The van der Waals surface area contributed by atoms with Gasteiger partial charge in [-0.15, -0.1) is 0 Å². The number of anilines is 1. The number of halogens is 4. The van der Waals surface area contributed by atoms with Gasteiger partial charge >= 0.3 is 0 Å². The van der Waals surface area contributed by atoms with Crippen LogP contribution in [-0.2, 0) is 19.5 Å². The van der Waals surface area contributed by atoms with Crippen LogP contribution < -0.4 is 5.32 Å². The van der Waals surface area contributed by atoms with E-state index in [0.29, 0.717) is 16.6 Å². The summed E-state index contributed by atoms with van der Waals surface area (Å²) in [7, 11) is 0. The molecular formula is C14H15Br2Cl2N3. The van der Waals surface area contributed by atoms with Crippen molar-refractivity contribution in [1.82, 2.24) is 9.78 Å². The number of hydrogen-bond donors (Lipinski definition) is 1. The van der Waals surface area contributed by atoms with E-state index in [1.54, 1.807) is 0 Å². The summed E-state index contributed by atoms with van der Waals surface area (Å²) in [6.45, 7) is 5.58. The molecule has 0 aliphatic heterocycles. The van der Waals surface area contributed by atoms with Crippen molar-refractivity contribution in [3.63, 3.8) is 0 Å². The van der Waals surface area contributed by atoms with Gasteiger partial charge in [0, 0.05) is 11.0 Å². The van der Waals surface area contributed by atoms with Crippen LogP contribution in [-0.4, -0.2) is 9.78 Å². The lowest BCUT2D eigenvalue weighted by molar-refractivity contribution is 0.619. The van der Waals surface area contributed by atoms with Gasteiger partial charge in [-0.1, -0.05) is 46.1 Å². The smallest absolute Gasteiger partial charge is 0.0767 e. The molecule has 0 radical (unpaired) electrons. The number of rotatable bonds is 5. The molecule has 1 aromatic heterocycles. The standard InChI is InChI=1S/C14H15Br2Cl2N3/c1-3-11-13(16)12(21(4-2)20-11)7-19-14-9(17)5-8(15)6-10(14)18/h5-6,19H,3-4,7H2,1-2H3. The highest BCUT2D eigenvalue weighted by atomic mass is 79.9. The van der Waals surface area contributed by atoms with Crippen molar-refractivity contribution in [3.05, 3.63) is 42.5 Å². The summed E-state index contributed by atoms with van der Waals surface area (Å²) in [4.78, 5) is 0. The maximum Gasteiger partial charge on any atom is 0.0767 e. The van der Waals surface area contributed by atoms with E-state index < -0.39 is 0 Å². The molecule has 0 spiro atoms. The summed E-state index contributed by atoms with van der Waals surface area (Å²) in [5.41, 5.74) is 2.88. The molecule has 1 aromatic carbocycles. The highest BCUT2D eigenvalue weighted by molar-refractivity contribution is 9.10. The molecule has 21 heavy (non-hydrogen) atoms. The summed E-state index contributed by atoms with van der Waals surface area (Å²) in [6, 6.07) is 3.64. The summed E-state index contributed by atoms with van der Waals surface area (Å²) >= 11 is 19.5. The molecule has 0 saturated carbocycles. The van der Waals surface area contributed by atoms with Crippen molar-refractivity contribution in [1.29, 1.82) is 0 Å². The van der Waals surface area contributed by atoms with Gasteiger partial charge in [-0.05, 0) is 41.4 Å². The van der Waals surface area contributed by atoms with Gasteiger partial charge in [0.1, 0.15) is 0 Å². The maximum atomic E-state index is 6.24. The highest BCUT2D eigenvalue weighted by Crippen LogP contribution is 2.34. The first kappa shape index (κ1) is 17.1. The summed E-state index contributed by atoms with van der Waals surface area (Å²) in [5.74, 6) is 0. The van der Waals surface area contributed by atoms with E-state index in [1.165, 1.54) is 0 Å². The van der Waals surface area contributed by atoms with Crippen LogP contribution in [0.3, 0.4) is 0 Å². The van der Waals surface area contributed by atoms with Crippen LogP contribution in [0.5, 0.6) is 0 Å². The summed E-state index contributed by atoms with van der Waals surface area (Å²) in [6.07, 6.45) is 0.889. The van der Waals surface area contributed by atoms with Gasteiger partial charge in [-0.2, -0.15) is 5.10 Å². The second kappa shape index (κ2) is 7.36. The fourth-order valence-corrected chi connectivity index (χ4v) is 4.12. The van der Waals surface area contributed by atoms with E-state index in [1.807, 2.05) is 16.8 Å². The SMILES string of the molecule is CCc1nn(CC)c(CNc2c(Cl)cc(Br)cc2Cl)c1Br. The van der Waals surface area contributed by atoms with Gasteiger partial charge in [-0.25, -0.2) is 0 Å². The quantitative estimate of drug-likeness (QED) is 0.607. The molecule has 0 bridgehead atoms. The van der Waals surface area contributed by atoms with Gasteiger partial charge in [0.25, 0.3) is 0 Å². The lowest BCUT2D eigenvalue weighted by Gasteiger charge is -2.12. The third-order valence-electron chi connectivity index (χ3n) is 3.13. The molecule has 2 aromatic rings. The predicted octanol–water partition coefficient (Wildman–Crippen LogP) is 5.91. The van der Waals surface area contributed by atoms with Gasteiger partial charge in [-0.3, -0.25) is 4.68 Å². The number of aromatic nitrogens is 2. The first-order chi connectivity index (χ1) is 9.97. The van der Waals surface area contributed by atoms with Crippen molar-refractivity contribution in [3.8, 4) is 0 Å². The van der Waals surface area contributed by atoms with E-state index in [4.69, 9.17) is 23.2 Å². The molecule has 0 atom stereocenters. The average Bonchev–Trinajstić information content (AvgIpc) is 2.73. The Hall–Kier alpha value is -0.230. The van der Waals surface area contributed by atoms with Crippen LogP contribution in [0.15, 0.2) is 21.1 Å². The van der Waals surface area contributed by atoms with E-state index in [2.05, 4.69) is 56.1 Å². The van der Waals surface area contributed by atoms with E-state index in [0.717, 1.165) is 39.0 Å². The first-order valence-corrected chi connectivity index (χ1v) is 8.94. The molecule has 0 aliphatic rings. The normalized spacial score (nSPS) is 11.0. The molecule has 0 saturated heterocycles. The minimum atomic E-state index is 0.587. The molecule has 1 heterocycles. The van der Waals surface area contributed by atoms with E-state index in [-0.39, 0.29) is 0 Å². The minimum Gasteiger partial charge on any atom is -0.377 e. The highest BCUT2D eigenvalue weighted by Gasteiger charge is 2.15. The Morgan fingerprint density at radius 3 is 2.33 bits per heavy atom. The Morgan fingerprint density at radius 2 is 1.81 bits per heavy atom. The Morgan fingerprint density at radius 1 is 1.19 bits per heavy atom. The Balaban J connectivity index is 2.26. The molecule has 7 heteroatoms. The average molecular weight is 456 g/mol. The largest absolute Gasteiger partial charge is 0.377 e. The zero-order valence-electron chi connectivity index (χ0n) is 11.7. The van der Waals surface area contributed by atoms with Gasteiger partial charge in [0.15, 0.2) is 0 Å². The second-order valence-corrected chi connectivity index (χ2v) is 7.00. The fraction of sp³-hybridized carbons (Fsp3) is 0.357. The zero-order valence-corrected chi connectivity index (χ0v) is 16.4. The lowest BCUT2D eigenvalue weighted by Crippen LogP contribution is -2.09. The molecule has 0 unspecified atom stereocenters. The Bertz CT molecular complexity index is 633. The van der Waals surface area contributed by atoms with Gasteiger partial charge in [0.05, 0.1) is 38.1 Å². The van der Waals surface area contributed by atoms with E-state index >= 15 is 0 Å². The van der Waals surface area contributed by atoms with Crippen LogP contribution in [0.4, 0.5) is 5.69 Å². The molecule has 0 aliphatic carbocycles. The third kappa shape index (κ3) is 3.76. The van der Waals surface area contributed by atoms with Gasteiger partial charge < -0.3 is 5.32 Å². The summed E-state index contributed by atoms with van der Waals surface area (Å²) < 4.78 is 3.89. The molecular weight excluding hydrogens is 441 g/mol. The number of nitrogens with zero attached hydrogens (tertiary/aromatic N) is 2. The van der Waals surface area contributed by atoms with Crippen LogP contribution >= 0.6 is 55.1 Å². The van der Waals surface area contributed by atoms with Crippen molar-refractivity contribution >= 4 is 60.7 Å². The van der Waals surface area contributed by atoms with Crippen molar-refractivity contribution in [2.24, 2.45) is 0 Å².